The van der Waals surface area contributed by atoms with Crippen LogP contribution in [0.4, 0.5) is 11.4 Å². The molecule has 0 radical (unpaired) electrons. The van der Waals surface area contributed by atoms with Gasteiger partial charge in [0, 0.05) is 30.1 Å². The van der Waals surface area contributed by atoms with Gasteiger partial charge in [-0.15, -0.1) is 0 Å². The van der Waals surface area contributed by atoms with Gasteiger partial charge in [0.2, 0.25) is 0 Å². The van der Waals surface area contributed by atoms with E-state index in [1.807, 2.05) is 30.3 Å². The lowest BCUT2D eigenvalue weighted by atomic mass is 10.0. The summed E-state index contributed by atoms with van der Waals surface area (Å²) in [4.78, 5) is 42.0. The number of fused-ring (bicyclic) bond motifs is 1. The second-order valence-corrected chi connectivity index (χ2v) is 7.90. The molecule has 7 heteroatoms. The first-order chi connectivity index (χ1) is 16.5. The third-order valence-corrected chi connectivity index (χ3v) is 5.42. The Morgan fingerprint density at radius 2 is 1.91 bits per heavy atom. The molecule has 1 aliphatic heterocycles. The van der Waals surface area contributed by atoms with E-state index in [1.165, 1.54) is 9.80 Å². The van der Waals surface area contributed by atoms with Gasteiger partial charge < -0.3 is 9.64 Å². The number of esters is 1. The number of carbonyl (C=O) groups is 3. The smallest absolute Gasteiger partial charge is 0.307 e. The van der Waals surface area contributed by atoms with Crippen molar-refractivity contribution < 1.29 is 19.1 Å². The molecule has 0 saturated heterocycles. The standard InChI is InChI=1S/C27H27N3O4/c1-3-34-26(32)17-20(2)29-19-25(31)30(22-12-8-6-9-13-22)24-15-14-21(18-23(24)27(29)33)11-7-4-5-10-16-28/h6,8-9,12-15,18,20H,3-5,10,17,19H2,1-2H3. The SMILES string of the molecule is CCOC(=O)CC(C)N1CC(=O)N(c2ccccc2)c2ccc(C#CCCCC#N)cc2C1=O. The quantitative estimate of drug-likeness (QED) is 0.353. The summed E-state index contributed by atoms with van der Waals surface area (Å²) < 4.78 is 5.04. The highest BCUT2D eigenvalue weighted by atomic mass is 16.5. The first-order valence-corrected chi connectivity index (χ1v) is 11.3. The molecule has 3 rings (SSSR count). The van der Waals surface area contributed by atoms with Crippen LogP contribution in [0.5, 0.6) is 0 Å². The zero-order valence-electron chi connectivity index (χ0n) is 19.4. The Hall–Kier alpha value is -4.10. The number of benzene rings is 2. The Morgan fingerprint density at radius 1 is 1.15 bits per heavy atom. The van der Waals surface area contributed by atoms with Crippen molar-refractivity contribution in [3.05, 3.63) is 59.7 Å². The molecule has 0 saturated carbocycles. The first-order valence-electron chi connectivity index (χ1n) is 11.3. The Balaban J connectivity index is 2.01. The van der Waals surface area contributed by atoms with Gasteiger partial charge in [0.1, 0.15) is 6.54 Å². The molecule has 1 heterocycles. The topological polar surface area (TPSA) is 90.7 Å². The summed E-state index contributed by atoms with van der Waals surface area (Å²) in [6.45, 7) is 3.54. The fraction of sp³-hybridized carbons (Fsp3) is 0.333. The van der Waals surface area contributed by atoms with Crippen LogP contribution in [-0.4, -0.2) is 41.9 Å². The fourth-order valence-electron chi connectivity index (χ4n) is 3.77. The molecule has 0 fully saturated rings. The molecule has 34 heavy (non-hydrogen) atoms. The summed E-state index contributed by atoms with van der Waals surface area (Å²) in [5.41, 5.74) is 2.11. The number of para-hydroxylation sites is 1. The summed E-state index contributed by atoms with van der Waals surface area (Å²) in [5.74, 6) is 5.04. The maximum Gasteiger partial charge on any atom is 0.307 e. The van der Waals surface area contributed by atoms with Crippen LogP contribution in [0, 0.1) is 23.2 Å². The molecule has 2 aromatic rings. The Kier molecular flexibility index (Phi) is 8.43. The van der Waals surface area contributed by atoms with Crippen LogP contribution in [0.3, 0.4) is 0 Å². The minimum atomic E-state index is -0.528. The zero-order valence-corrected chi connectivity index (χ0v) is 19.4. The Labute approximate surface area is 199 Å². The molecule has 2 aromatic carbocycles. The molecule has 0 bridgehead atoms. The van der Waals surface area contributed by atoms with E-state index in [0.717, 1.165) is 0 Å². The molecule has 2 amide bonds. The van der Waals surface area contributed by atoms with Gasteiger partial charge in [0.25, 0.3) is 11.8 Å². The lowest BCUT2D eigenvalue weighted by molar-refractivity contribution is -0.144. The van der Waals surface area contributed by atoms with E-state index < -0.39 is 12.0 Å². The molecule has 0 aliphatic carbocycles. The number of unbranched alkanes of at least 4 members (excludes halogenated alkanes) is 2. The third-order valence-electron chi connectivity index (χ3n) is 5.42. The van der Waals surface area contributed by atoms with Crippen LogP contribution >= 0.6 is 0 Å². The highest BCUT2D eigenvalue weighted by Gasteiger charge is 2.35. The van der Waals surface area contributed by atoms with E-state index in [0.29, 0.717) is 41.8 Å². The summed E-state index contributed by atoms with van der Waals surface area (Å²) in [6, 6.07) is 15.9. The summed E-state index contributed by atoms with van der Waals surface area (Å²) in [5, 5.41) is 8.66. The van der Waals surface area contributed by atoms with Crippen molar-refractivity contribution in [1.29, 1.82) is 5.26 Å². The summed E-state index contributed by atoms with van der Waals surface area (Å²) >= 11 is 0. The second kappa shape index (κ2) is 11.7. The van der Waals surface area contributed by atoms with Crippen LogP contribution in [0.1, 0.15) is 55.5 Å². The molecule has 0 aromatic heterocycles. The number of hydrogen-bond donors (Lipinski definition) is 0. The average molecular weight is 458 g/mol. The molecule has 0 spiro atoms. The van der Waals surface area contributed by atoms with Gasteiger partial charge in [-0.3, -0.25) is 19.3 Å². The minimum absolute atomic E-state index is 0.00802. The van der Waals surface area contributed by atoms with Gasteiger partial charge in [-0.05, 0) is 50.6 Å². The van der Waals surface area contributed by atoms with Gasteiger partial charge in [-0.1, -0.05) is 30.0 Å². The molecule has 1 unspecified atom stereocenters. The molecule has 174 valence electrons. The van der Waals surface area contributed by atoms with Crippen molar-refractivity contribution in [2.75, 3.05) is 18.1 Å². The van der Waals surface area contributed by atoms with Crippen molar-refractivity contribution in [2.24, 2.45) is 0 Å². The highest BCUT2D eigenvalue weighted by Crippen LogP contribution is 2.33. The Morgan fingerprint density at radius 3 is 2.62 bits per heavy atom. The predicted molar refractivity (Wildman–Crippen MR) is 128 cm³/mol. The number of carbonyl (C=O) groups excluding carboxylic acids is 3. The van der Waals surface area contributed by atoms with Gasteiger partial charge in [-0.25, -0.2) is 0 Å². The van der Waals surface area contributed by atoms with Crippen molar-refractivity contribution >= 4 is 29.2 Å². The average Bonchev–Trinajstić information content (AvgIpc) is 2.93. The monoisotopic (exact) mass is 457 g/mol. The number of nitrogens with zero attached hydrogens (tertiary/aromatic N) is 3. The molecular weight excluding hydrogens is 430 g/mol. The lowest BCUT2D eigenvalue weighted by Crippen LogP contribution is -2.43. The van der Waals surface area contributed by atoms with E-state index in [-0.39, 0.29) is 31.4 Å². The van der Waals surface area contributed by atoms with Gasteiger partial charge >= 0.3 is 5.97 Å². The molecular formula is C27H27N3O4. The third kappa shape index (κ3) is 5.82. The molecule has 0 N–H and O–H groups in total. The number of rotatable bonds is 7. The van der Waals surface area contributed by atoms with Crippen molar-refractivity contribution in [3.63, 3.8) is 0 Å². The Bertz CT molecular complexity index is 1160. The van der Waals surface area contributed by atoms with Crippen molar-refractivity contribution in [1.82, 2.24) is 4.90 Å². The van der Waals surface area contributed by atoms with Crippen LogP contribution in [0.15, 0.2) is 48.5 Å². The first kappa shape index (κ1) is 24.5. The predicted octanol–water partition coefficient (Wildman–Crippen LogP) is 4.19. The van der Waals surface area contributed by atoms with Crippen LogP contribution in [0.2, 0.25) is 0 Å². The van der Waals surface area contributed by atoms with E-state index in [4.69, 9.17) is 10.00 Å². The molecule has 7 nitrogen and oxygen atoms in total. The lowest BCUT2D eigenvalue weighted by Gasteiger charge is -2.27. The molecule has 1 atom stereocenters. The van der Waals surface area contributed by atoms with Crippen LogP contribution in [-0.2, 0) is 14.3 Å². The van der Waals surface area contributed by atoms with E-state index in [1.54, 1.807) is 32.0 Å². The van der Waals surface area contributed by atoms with Gasteiger partial charge in [0.15, 0.2) is 0 Å². The molecule has 1 aliphatic rings. The van der Waals surface area contributed by atoms with E-state index in [9.17, 15) is 14.4 Å². The van der Waals surface area contributed by atoms with Crippen LogP contribution in [0.25, 0.3) is 0 Å². The second-order valence-electron chi connectivity index (χ2n) is 7.90. The number of hydrogen-bond acceptors (Lipinski definition) is 5. The van der Waals surface area contributed by atoms with E-state index in [2.05, 4.69) is 17.9 Å². The summed E-state index contributed by atoms with van der Waals surface area (Å²) in [7, 11) is 0. The van der Waals surface area contributed by atoms with Crippen LogP contribution < -0.4 is 4.90 Å². The number of ether oxygens (including phenoxy) is 1. The van der Waals surface area contributed by atoms with E-state index >= 15 is 0 Å². The van der Waals surface area contributed by atoms with Crippen molar-refractivity contribution in [3.8, 4) is 17.9 Å². The zero-order chi connectivity index (χ0) is 24.5. The van der Waals surface area contributed by atoms with Gasteiger partial charge in [-0.2, -0.15) is 5.26 Å². The fourth-order valence-corrected chi connectivity index (χ4v) is 3.77. The van der Waals surface area contributed by atoms with Gasteiger partial charge in [0.05, 0.1) is 30.3 Å². The maximum absolute atomic E-state index is 13.6. The highest BCUT2D eigenvalue weighted by molar-refractivity contribution is 6.13. The maximum atomic E-state index is 13.6. The number of anilines is 2. The van der Waals surface area contributed by atoms with Crippen molar-refractivity contribution in [2.45, 2.75) is 45.6 Å². The summed E-state index contributed by atoms with van der Waals surface area (Å²) in [6.07, 6.45) is 1.70. The normalized spacial score (nSPS) is 13.8. The minimum Gasteiger partial charge on any atom is -0.466 e. The largest absolute Gasteiger partial charge is 0.466 e. The number of amides is 2. The number of nitriles is 1.